The average molecular weight is 312 g/mol. The largest absolute Gasteiger partial charge is 0.318 e. The van der Waals surface area contributed by atoms with Crippen LogP contribution in [0, 0.1) is 11.6 Å². The van der Waals surface area contributed by atoms with E-state index in [1.807, 2.05) is 0 Å². The second-order valence-electron chi connectivity index (χ2n) is 5.25. The van der Waals surface area contributed by atoms with E-state index in [4.69, 9.17) is 0 Å². The lowest BCUT2D eigenvalue weighted by molar-refractivity contribution is 0.511. The number of nitrogens with one attached hydrogen (secondary N) is 1. The molecule has 7 heteroatoms. The first kappa shape index (κ1) is 13.6. The van der Waals surface area contributed by atoms with E-state index in [1.54, 1.807) is 31.4 Å². The smallest absolute Gasteiger partial charge is 0.259 e. The molecule has 114 valence electrons. The first-order valence-corrected chi connectivity index (χ1v) is 6.84. The first-order chi connectivity index (χ1) is 11.0. The number of rotatable bonds is 1. The van der Waals surface area contributed by atoms with Crippen LogP contribution in [-0.2, 0) is 7.05 Å². The summed E-state index contributed by atoms with van der Waals surface area (Å²) in [6.07, 6.45) is 1.62. The zero-order chi connectivity index (χ0) is 16.1. The topological polar surface area (TPSA) is 63.6 Å². The van der Waals surface area contributed by atoms with Gasteiger partial charge in [-0.25, -0.2) is 13.8 Å². The van der Waals surface area contributed by atoms with Crippen molar-refractivity contribution in [1.29, 1.82) is 0 Å². The Bertz CT molecular complexity index is 1130. The fourth-order valence-corrected chi connectivity index (χ4v) is 2.56. The van der Waals surface area contributed by atoms with E-state index in [-0.39, 0.29) is 5.56 Å². The van der Waals surface area contributed by atoms with Crippen LogP contribution in [0.15, 0.2) is 41.3 Å². The van der Waals surface area contributed by atoms with Gasteiger partial charge in [-0.3, -0.25) is 9.89 Å². The highest BCUT2D eigenvalue weighted by Crippen LogP contribution is 2.27. The second-order valence-corrected chi connectivity index (χ2v) is 5.25. The van der Waals surface area contributed by atoms with Crippen LogP contribution in [0.3, 0.4) is 0 Å². The molecule has 0 atom stereocenters. The van der Waals surface area contributed by atoms with Gasteiger partial charge in [0.15, 0.2) is 11.6 Å². The van der Waals surface area contributed by atoms with Crippen molar-refractivity contribution in [2.75, 3.05) is 0 Å². The molecule has 0 fully saturated rings. The molecule has 0 radical (unpaired) electrons. The van der Waals surface area contributed by atoms with Crippen LogP contribution >= 0.6 is 0 Å². The Balaban J connectivity index is 1.98. The Kier molecular flexibility index (Phi) is 2.77. The molecule has 1 N–H and O–H groups in total. The molecule has 0 aliphatic carbocycles. The van der Waals surface area contributed by atoms with Crippen LogP contribution in [0.4, 0.5) is 8.78 Å². The maximum absolute atomic E-state index is 13.5. The molecule has 5 nitrogen and oxygen atoms in total. The quantitative estimate of drug-likeness (QED) is 0.588. The van der Waals surface area contributed by atoms with Crippen molar-refractivity contribution >= 4 is 21.8 Å². The van der Waals surface area contributed by atoms with Gasteiger partial charge in [0.25, 0.3) is 5.56 Å². The number of fused-ring (bicyclic) bond motifs is 2. The molecule has 0 bridgehead atoms. The predicted octanol–water partition coefficient (Wildman–Crippen LogP) is 2.75. The summed E-state index contributed by atoms with van der Waals surface area (Å²) in [4.78, 5) is 16.4. The van der Waals surface area contributed by atoms with E-state index in [1.165, 1.54) is 4.57 Å². The van der Waals surface area contributed by atoms with E-state index < -0.39 is 11.6 Å². The standard InChI is InChI=1S/C16H10F2N4O/c1-22-5-4-12-8(16(22)23)2-3-13(19-12)15-9-6-10(17)11(18)7-14(9)20-21-15/h2-7H,1H3,(H,20,21). The number of aromatic amines is 1. The molecule has 3 heterocycles. The highest BCUT2D eigenvalue weighted by atomic mass is 19.2. The summed E-state index contributed by atoms with van der Waals surface area (Å²) in [5.74, 6) is -1.89. The highest BCUT2D eigenvalue weighted by molar-refractivity contribution is 5.93. The zero-order valence-corrected chi connectivity index (χ0v) is 12.0. The van der Waals surface area contributed by atoms with Crippen molar-refractivity contribution in [3.8, 4) is 11.4 Å². The van der Waals surface area contributed by atoms with Gasteiger partial charge in [0.2, 0.25) is 0 Å². The molecule has 4 rings (SSSR count). The van der Waals surface area contributed by atoms with Crippen LogP contribution in [0.1, 0.15) is 0 Å². The minimum absolute atomic E-state index is 0.151. The maximum atomic E-state index is 13.5. The van der Waals surface area contributed by atoms with Crippen molar-refractivity contribution < 1.29 is 8.78 Å². The minimum atomic E-state index is -0.949. The minimum Gasteiger partial charge on any atom is -0.318 e. The third kappa shape index (κ3) is 2.01. The number of aryl methyl sites for hydroxylation is 1. The monoisotopic (exact) mass is 312 g/mol. The molecule has 4 aromatic rings. The fraction of sp³-hybridized carbons (Fsp3) is 0.0625. The van der Waals surface area contributed by atoms with Crippen molar-refractivity contribution in [3.63, 3.8) is 0 Å². The Morgan fingerprint density at radius 3 is 2.70 bits per heavy atom. The SMILES string of the molecule is Cn1ccc2nc(-c3n[nH]c4cc(F)c(F)cc34)ccc2c1=O. The summed E-state index contributed by atoms with van der Waals surface area (Å²) < 4.78 is 28.2. The van der Waals surface area contributed by atoms with Gasteiger partial charge in [0, 0.05) is 24.7 Å². The normalized spacial score (nSPS) is 11.4. The van der Waals surface area contributed by atoms with E-state index in [9.17, 15) is 13.6 Å². The van der Waals surface area contributed by atoms with Crippen molar-refractivity contribution in [3.05, 3.63) is 58.5 Å². The third-order valence-corrected chi connectivity index (χ3v) is 3.78. The number of halogens is 2. The molecule has 3 aromatic heterocycles. The van der Waals surface area contributed by atoms with Crippen molar-refractivity contribution in [2.24, 2.45) is 7.05 Å². The number of H-pyrrole nitrogens is 1. The lowest BCUT2D eigenvalue weighted by Crippen LogP contribution is -2.15. The lowest BCUT2D eigenvalue weighted by Gasteiger charge is -2.03. The number of hydrogen-bond donors (Lipinski definition) is 1. The van der Waals surface area contributed by atoms with Crippen LogP contribution < -0.4 is 5.56 Å². The number of aromatic nitrogens is 4. The molecular formula is C16H10F2N4O. The summed E-state index contributed by atoms with van der Waals surface area (Å²) in [7, 11) is 1.66. The van der Waals surface area contributed by atoms with Crippen LogP contribution in [-0.4, -0.2) is 19.7 Å². The van der Waals surface area contributed by atoms with Crippen LogP contribution in [0.2, 0.25) is 0 Å². The van der Waals surface area contributed by atoms with E-state index in [2.05, 4.69) is 15.2 Å². The van der Waals surface area contributed by atoms with Gasteiger partial charge >= 0.3 is 0 Å². The summed E-state index contributed by atoms with van der Waals surface area (Å²) in [6, 6.07) is 7.15. The molecule has 0 saturated heterocycles. The van der Waals surface area contributed by atoms with Gasteiger partial charge in [0.1, 0.15) is 5.69 Å². The lowest BCUT2D eigenvalue weighted by atomic mass is 10.1. The molecule has 0 aliphatic heterocycles. The highest BCUT2D eigenvalue weighted by Gasteiger charge is 2.14. The molecule has 0 unspecified atom stereocenters. The van der Waals surface area contributed by atoms with Gasteiger partial charge in [-0.2, -0.15) is 5.10 Å². The Morgan fingerprint density at radius 2 is 1.87 bits per heavy atom. The van der Waals surface area contributed by atoms with Gasteiger partial charge in [-0.15, -0.1) is 0 Å². The van der Waals surface area contributed by atoms with Gasteiger partial charge in [-0.1, -0.05) is 0 Å². The summed E-state index contributed by atoms with van der Waals surface area (Å²) >= 11 is 0. The van der Waals surface area contributed by atoms with E-state index in [0.717, 1.165) is 12.1 Å². The second kappa shape index (κ2) is 4.70. The number of nitrogens with zero attached hydrogens (tertiary/aromatic N) is 3. The van der Waals surface area contributed by atoms with Crippen molar-refractivity contribution in [1.82, 2.24) is 19.7 Å². The van der Waals surface area contributed by atoms with Gasteiger partial charge in [0.05, 0.1) is 22.1 Å². The van der Waals surface area contributed by atoms with Crippen LogP contribution in [0.25, 0.3) is 33.2 Å². The third-order valence-electron chi connectivity index (χ3n) is 3.78. The number of hydrogen-bond acceptors (Lipinski definition) is 3. The van der Waals surface area contributed by atoms with Gasteiger partial charge < -0.3 is 4.57 Å². The predicted molar refractivity (Wildman–Crippen MR) is 82.0 cm³/mol. The summed E-state index contributed by atoms with van der Waals surface area (Å²) in [6.45, 7) is 0. The zero-order valence-electron chi connectivity index (χ0n) is 12.0. The number of pyridine rings is 2. The molecule has 23 heavy (non-hydrogen) atoms. The van der Waals surface area contributed by atoms with Gasteiger partial charge in [-0.05, 0) is 24.3 Å². The van der Waals surface area contributed by atoms with Crippen LogP contribution in [0.5, 0.6) is 0 Å². The first-order valence-electron chi connectivity index (χ1n) is 6.84. The average Bonchev–Trinajstić information content (AvgIpc) is 2.94. The van der Waals surface area contributed by atoms with Crippen molar-refractivity contribution in [2.45, 2.75) is 0 Å². The molecule has 0 aliphatic rings. The molecule has 0 saturated carbocycles. The Morgan fingerprint density at radius 1 is 1.09 bits per heavy atom. The maximum Gasteiger partial charge on any atom is 0.259 e. The fourth-order valence-electron chi connectivity index (χ4n) is 2.56. The Labute approximate surface area is 128 Å². The molecule has 0 spiro atoms. The van der Waals surface area contributed by atoms with E-state index >= 15 is 0 Å². The molecule has 0 amide bonds. The summed E-state index contributed by atoms with van der Waals surface area (Å²) in [5.41, 5.74) is 1.63. The Hall–Kier alpha value is -3.09. The molecular weight excluding hydrogens is 302 g/mol. The number of benzene rings is 1. The summed E-state index contributed by atoms with van der Waals surface area (Å²) in [5, 5.41) is 7.66. The van der Waals surface area contributed by atoms with E-state index in [0.29, 0.717) is 33.2 Å². The molecule has 1 aromatic carbocycles.